The first-order valence-electron chi connectivity index (χ1n) is 13.2. The Balaban J connectivity index is 1.60. The van der Waals surface area contributed by atoms with Crippen molar-refractivity contribution in [3.05, 3.63) is 29.8 Å². The number of anilines is 1. The number of likely N-dealkylation sites (N-methyl/N-ethyl adjacent to an activating group) is 1. The van der Waals surface area contributed by atoms with E-state index in [9.17, 15) is 19.5 Å². The second kappa shape index (κ2) is 11.4. The van der Waals surface area contributed by atoms with Gasteiger partial charge in [0, 0.05) is 45.7 Å². The number of aliphatic hydroxyl groups is 1. The monoisotopic (exact) mass is 497 g/mol. The number of aliphatic imine (C=N–C) groups is 1. The third kappa shape index (κ3) is 5.88. The number of hydrogen-bond acceptors (Lipinski definition) is 6. The molecule has 1 aromatic carbocycles. The standard InChI is InChI=1S/C27H39N5O4/c1-4-5-10-23(34)21(17-19-11-12-19)26(35)29-24-27(36)30(3)22-9-7-6-8-20(22)25(28-24)32-15-13-31(14-16-32)18(2)33/h6-9,19,21,23-24,34H,4-5,10-17H2,1-3H3,(H,29,35)/t21?,23?,24-/m1/s1. The highest BCUT2D eigenvalue weighted by Gasteiger charge is 2.38. The Morgan fingerprint density at radius 3 is 2.50 bits per heavy atom. The Hall–Kier alpha value is -2.94. The molecule has 1 saturated carbocycles. The molecule has 0 bridgehead atoms. The number of carbonyl (C=O) groups is 3. The van der Waals surface area contributed by atoms with Crippen LogP contribution >= 0.6 is 0 Å². The molecule has 3 aliphatic rings. The number of piperazine rings is 1. The zero-order valence-corrected chi connectivity index (χ0v) is 21.7. The van der Waals surface area contributed by atoms with Gasteiger partial charge in [0.25, 0.3) is 5.91 Å². The zero-order chi connectivity index (χ0) is 25.8. The van der Waals surface area contributed by atoms with Crippen molar-refractivity contribution >= 4 is 29.2 Å². The molecule has 0 spiro atoms. The Labute approximate surface area is 213 Å². The van der Waals surface area contributed by atoms with Crippen molar-refractivity contribution in [2.45, 2.75) is 64.6 Å². The Kier molecular flexibility index (Phi) is 8.28. The largest absolute Gasteiger partial charge is 0.392 e. The lowest BCUT2D eigenvalue weighted by atomic mass is 9.91. The Morgan fingerprint density at radius 2 is 1.86 bits per heavy atom. The van der Waals surface area contributed by atoms with E-state index in [-0.39, 0.29) is 17.7 Å². The Bertz CT molecular complexity index is 1000. The van der Waals surface area contributed by atoms with E-state index in [0.717, 1.165) is 36.9 Å². The van der Waals surface area contributed by atoms with Crippen LogP contribution in [0.4, 0.5) is 5.69 Å². The first-order valence-corrected chi connectivity index (χ1v) is 13.2. The lowest BCUT2D eigenvalue weighted by Gasteiger charge is -2.36. The maximum atomic E-state index is 13.5. The van der Waals surface area contributed by atoms with Gasteiger partial charge in [-0.2, -0.15) is 0 Å². The molecule has 2 heterocycles. The number of unbranched alkanes of at least 4 members (excludes halogenated alkanes) is 1. The van der Waals surface area contributed by atoms with Crippen LogP contribution in [-0.2, 0) is 14.4 Å². The van der Waals surface area contributed by atoms with Gasteiger partial charge in [-0.05, 0) is 30.9 Å². The van der Waals surface area contributed by atoms with Crippen LogP contribution in [0.25, 0.3) is 0 Å². The second-order valence-electron chi connectivity index (χ2n) is 10.3. The van der Waals surface area contributed by atoms with Gasteiger partial charge in [-0.1, -0.05) is 44.7 Å². The van der Waals surface area contributed by atoms with Crippen molar-refractivity contribution in [1.29, 1.82) is 0 Å². The van der Waals surface area contributed by atoms with E-state index >= 15 is 0 Å². The molecule has 9 nitrogen and oxygen atoms in total. The number of aliphatic hydroxyl groups excluding tert-OH is 1. The highest BCUT2D eigenvalue weighted by molar-refractivity contribution is 6.12. The number of para-hydroxylation sites is 1. The number of nitrogens with zero attached hydrogens (tertiary/aromatic N) is 4. The third-order valence-electron chi connectivity index (χ3n) is 7.56. The summed E-state index contributed by atoms with van der Waals surface area (Å²) in [5, 5.41) is 13.7. The molecule has 1 aliphatic carbocycles. The van der Waals surface area contributed by atoms with E-state index in [1.54, 1.807) is 23.8 Å². The number of rotatable bonds is 8. The number of nitrogens with one attached hydrogen (secondary N) is 1. The van der Waals surface area contributed by atoms with Gasteiger partial charge in [-0.3, -0.25) is 14.4 Å². The maximum Gasteiger partial charge on any atom is 0.272 e. The van der Waals surface area contributed by atoms with Gasteiger partial charge in [-0.15, -0.1) is 0 Å². The van der Waals surface area contributed by atoms with Gasteiger partial charge in [0.2, 0.25) is 18.0 Å². The summed E-state index contributed by atoms with van der Waals surface area (Å²) >= 11 is 0. The van der Waals surface area contributed by atoms with Crippen LogP contribution in [0.1, 0.15) is 57.9 Å². The van der Waals surface area contributed by atoms with Crippen LogP contribution in [-0.4, -0.2) is 84.0 Å². The van der Waals surface area contributed by atoms with E-state index in [1.165, 1.54) is 0 Å². The van der Waals surface area contributed by atoms with Gasteiger partial charge in [0.1, 0.15) is 5.84 Å². The minimum absolute atomic E-state index is 0.0428. The molecule has 36 heavy (non-hydrogen) atoms. The van der Waals surface area contributed by atoms with E-state index in [4.69, 9.17) is 4.99 Å². The summed E-state index contributed by atoms with van der Waals surface area (Å²) in [6, 6.07) is 7.60. The van der Waals surface area contributed by atoms with E-state index in [2.05, 4.69) is 17.1 Å². The lowest BCUT2D eigenvalue weighted by Crippen LogP contribution is -2.52. The molecule has 2 aliphatic heterocycles. The minimum atomic E-state index is -1.09. The molecule has 2 fully saturated rings. The van der Waals surface area contributed by atoms with Gasteiger partial charge >= 0.3 is 0 Å². The van der Waals surface area contributed by atoms with Crippen molar-refractivity contribution < 1.29 is 19.5 Å². The van der Waals surface area contributed by atoms with E-state index < -0.39 is 18.2 Å². The van der Waals surface area contributed by atoms with Crippen molar-refractivity contribution in [1.82, 2.24) is 15.1 Å². The number of benzodiazepines with no additional fused rings is 1. The average molecular weight is 498 g/mol. The van der Waals surface area contributed by atoms with Crippen LogP contribution in [0.3, 0.4) is 0 Å². The molecule has 9 heteroatoms. The topological polar surface area (TPSA) is 106 Å². The lowest BCUT2D eigenvalue weighted by molar-refractivity contribution is -0.133. The third-order valence-corrected chi connectivity index (χ3v) is 7.56. The van der Waals surface area contributed by atoms with Crippen molar-refractivity contribution in [3.8, 4) is 0 Å². The molecule has 2 unspecified atom stereocenters. The second-order valence-corrected chi connectivity index (χ2v) is 10.3. The Morgan fingerprint density at radius 1 is 1.17 bits per heavy atom. The van der Waals surface area contributed by atoms with E-state index in [0.29, 0.717) is 50.8 Å². The average Bonchev–Trinajstić information content (AvgIpc) is 3.72. The fourth-order valence-electron chi connectivity index (χ4n) is 5.09. The molecule has 3 amide bonds. The number of amidine groups is 1. The van der Waals surface area contributed by atoms with Gasteiger partial charge in [0.15, 0.2) is 0 Å². The first kappa shape index (κ1) is 26.1. The number of fused-ring (bicyclic) bond motifs is 1. The highest BCUT2D eigenvalue weighted by Crippen LogP contribution is 2.37. The van der Waals surface area contributed by atoms with Crippen LogP contribution in [0.15, 0.2) is 29.3 Å². The predicted molar refractivity (Wildman–Crippen MR) is 139 cm³/mol. The summed E-state index contributed by atoms with van der Waals surface area (Å²) in [5.41, 5.74) is 1.54. The van der Waals surface area contributed by atoms with Gasteiger partial charge in [-0.25, -0.2) is 4.99 Å². The summed E-state index contributed by atoms with van der Waals surface area (Å²) in [4.78, 5) is 49.0. The summed E-state index contributed by atoms with van der Waals surface area (Å²) in [5.74, 6) is -0.0339. The first-order chi connectivity index (χ1) is 17.3. The van der Waals surface area contributed by atoms with Crippen LogP contribution < -0.4 is 10.2 Å². The number of hydrogen-bond donors (Lipinski definition) is 2. The maximum absolute atomic E-state index is 13.5. The van der Waals surface area contributed by atoms with Crippen molar-refractivity contribution in [3.63, 3.8) is 0 Å². The fourth-order valence-corrected chi connectivity index (χ4v) is 5.09. The normalized spacial score (nSPS) is 21.9. The summed E-state index contributed by atoms with van der Waals surface area (Å²) in [6.45, 7) is 5.96. The summed E-state index contributed by atoms with van der Waals surface area (Å²) in [6.07, 6.45) is 3.35. The van der Waals surface area contributed by atoms with Crippen LogP contribution in [0, 0.1) is 11.8 Å². The predicted octanol–water partition coefficient (Wildman–Crippen LogP) is 1.98. The fraction of sp³-hybridized carbons (Fsp3) is 0.630. The van der Waals surface area contributed by atoms with Crippen molar-refractivity contribution in [2.24, 2.45) is 16.8 Å². The SMILES string of the molecule is CCCCC(O)C(CC1CC1)C(=O)N[C@H]1N=C(N2CCN(C(C)=O)CC2)c2ccccc2N(C)C1=O. The van der Waals surface area contributed by atoms with E-state index in [1.807, 2.05) is 24.3 Å². The number of amides is 3. The number of carbonyl (C=O) groups excluding carboxylic acids is 3. The number of benzene rings is 1. The molecule has 0 aromatic heterocycles. The summed E-state index contributed by atoms with van der Waals surface area (Å²) < 4.78 is 0. The summed E-state index contributed by atoms with van der Waals surface area (Å²) in [7, 11) is 1.70. The van der Waals surface area contributed by atoms with Crippen molar-refractivity contribution in [2.75, 3.05) is 38.1 Å². The minimum Gasteiger partial charge on any atom is -0.392 e. The quantitative estimate of drug-likeness (QED) is 0.571. The van der Waals surface area contributed by atoms with Gasteiger partial charge in [0.05, 0.1) is 17.7 Å². The molecule has 4 rings (SSSR count). The molecule has 2 N–H and O–H groups in total. The zero-order valence-electron chi connectivity index (χ0n) is 21.7. The smallest absolute Gasteiger partial charge is 0.272 e. The molecule has 0 radical (unpaired) electrons. The van der Waals surface area contributed by atoms with Gasteiger partial charge < -0.3 is 25.1 Å². The molecule has 1 aromatic rings. The van der Waals surface area contributed by atoms with Crippen LogP contribution in [0.2, 0.25) is 0 Å². The van der Waals surface area contributed by atoms with Crippen LogP contribution in [0.5, 0.6) is 0 Å². The molecular formula is C27H39N5O4. The highest BCUT2D eigenvalue weighted by atomic mass is 16.3. The molecule has 3 atom stereocenters. The molecular weight excluding hydrogens is 458 g/mol. The molecule has 1 saturated heterocycles. The molecule has 196 valence electrons.